The lowest BCUT2D eigenvalue weighted by Gasteiger charge is -2.19. The van der Waals surface area contributed by atoms with Crippen LogP contribution in [0.1, 0.15) is 24.6 Å². The van der Waals surface area contributed by atoms with Crippen LogP contribution in [0, 0.1) is 6.92 Å². The number of hydrogen-bond acceptors (Lipinski definition) is 4. The maximum atomic E-state index is 12.5. The Hall–Kier alpha value is -1.11. The van der Waals surface area contributed by atoms with Gasteiger partial charge in [0.05, 0.1) is 6.54 Å². The molecule has 0 atom stereocenters. The van der Waals surface area contributed by atoms with Crippen LogP contribution in [0.5, 0.6) is 0 Å². The van der Waals surface area contributed by atoms with Crippen molar-refractivity contribution in [3.05, 3.63) is 11.8 Å². The summed E-state index contributed by atoms with van der Waals surface area (Å²) in [6, 6.07) is 0. The number of aromatic nitrogens is 2. The largest absolute Gasteiger partial charge is 0.424 e. The third-order valence-corrected chi connectivity index (χ3v) is 2.44. The Balaban J connectivity index is 1.94. The number of hydrogen-bond donors (Lipinski definition) is 1. The molecule has 0 aliphatic heterocycles. The van der Waals surface area contributed by atoms with Crippen molar-refractivity contribution in [3.8, 4) is 0 Å². The fourth-order valence-electron chi connectivity index (χ4n) is 1.34. The van der Waals surface area contributed by atoms with E-state index in [1.807, 2.05) is 0 Å². The molecule has 15 heavy (non-hydrogen) atoms. The van der Waals surface area contributed by atoms with E-state index >= 15 is 0 Å². The SMILES string of the molecule is Cc1nnc(CNC2(C(F)(F)F)CC2)o1. The van der Waals surface area contributed by atoms with Gasteiger partial charge in [0.1, 0.15) is 5.54 Å². The van der Waals surface area contributed by atoms with Crippen molar-refractivity contribution >= 4 is 0 Å². The van der Waals surface area contributed by atoms with Gasteiger partial charge < -0.3 is 4.42 Å². The number of alkyl halides is 3. The van der Waals surface area contributed by atoms with Crippen LogP contribution in [0.2, 0.25) is 0 Å². The van der Waals surface area contributed by atoms with Crippen LogP contribution in [0.3, 0.4) is 0 Å². The van der Waals surface area contributed by atoms with E-state index in [0.717, 1.165) is 0 Å². The summed E-state index contributed by atoms with van der Waals surface area (Å²) < 4.78 is 42.4. The summed E-state index contributed by atoms with van der Waals surface area (Å²) >= 11 is 0. The molecule has 2 rings (SSSR count). The van der Waals surface area contributed by atoms with Crippen LogP contribution in [0.25, 0.3) is 0 Å². The predicted octanol–water partition coefficient (Wildman–Crippen LogP) is 1.56. The molecule has 1 saturated carbocycles. The smallest absolute Gasteiger partial charge is 0.406 e. The molecule has 1 aliphatic carbocycles. The molecule has 0 unspecified atom stereocenters. The summed E-state index contributed by atoms with van der Waals surface area (Å²) in [6.07, 6.45) is -3.98. The van der Waals surface area contributed by atoms with Crippen LogP contribution >= 0.6 is 0 Å². The summed E-state index contributed by atoms with van der Waals surface area (Å²) in [5, 5.41) is 9.56. The molecule has 1 N–H and O–H groups in total. The molecule has 0 spiro atoms. The molecule has 7 heteroatoms. The maximum absolute atomic E-state index is 12.5. The monoisotopic (exact) mass is 221 g/mol. The highest BCUT2D eigenvalue weighted by atomic mass is 19.4. The number of nitrogens with one attached hydrogen (secondary N) is 1. The van der Waals surface area contributed by atoms with Gasteiger partial charge in [0.15, 0.2) is 0 Å². The zero-order valence-electron chi connectivity index (χ0n) is 8.06. The first-order valence-electron chi connectivity index (χ1n) is 4.54. The molecule has 0 radical (unpaired) electrons. The second-order valence-electron chi connectivity index (χ2n) is 3.65. The Morgan fingerprint density at radius 3 is 2.47 bits per heavy atom. The second kappa shape index (κ2) is 3.19. The van der Waals surface area contributed by atoms with E-state index in [0.29, 0.717) is 5.89 Å². The zero-order chi connectivity index (χ0) is 11.1. The quantitative estimate of drug-likeness (QED) is 0.841. The topological polar surface area (TPSA) is 51.0 Å². The summed E-state index contributed by atoms with van der Waals surface area (Å²) in [5.74, 6) is 0.534. The Kier molecular flexibility index (Phi) is 2.22. The molecule has 1 heterocycles. The summed E-state index contributed by atoms with van der Waals surface area (Å²) in [5.41, 5.74) is -1.73. The number of aryl methyl sites for hydroxylation is 1. The predicted molar refractivity (Wildman–Crippen MR) is 43.9 cm³/mol. The van der Waals surface area contributed by atoms with Crippen molar-refractivity contribution in [2.75, 3.05) is 0 Å². The first-order chi connectivity index (χ1) is 6.93. The van der Waals surface area contributed by atoms with Crippen molar-refractivity contribution in [1.82, 2.24) is 15.5 Å². The van der Waals surface area contributed by atoms with E-state index in [-0.39, 0.29) is 25.3 Å². The maximum Gasteiger partial charge on any atom is 0.406 e. The van der Waals surface area contributed by atoms with E-state index in [1.54, 1.807) is 6.92 Å². The van der Waals surface area contributed by atoms with Crippen molar-refractivity contribution in [3.63, 3.8) is 0 Å². The molecule has 0 saturated heterocycles. The van der Waals surface area contributed by atoms with E-state index in [9.17, 15) is 13.2 Å². The molecular weight excluding hydrogens is 211 g/mol. The van der Waals surface area contributed by atoms with Crippen molar-refractivity contribution in [2.45, 2.75) is 38.0 Å². The fraction of sp³-hybridized carbons (Fsp3) is 0.750. The Morgan fingerprint density at radius 2 is 2.07 bits per heavy atom. The average Bonchev–Trinajstić information content (AvgIpc) is 2.82. The second-order valence-corrected chi connectivity index (χ2v) is 3.65. The lowest BCUT2D eigenvalue weighted by molar-refractivity contribution is -0.166. The minimum Gasteiger partial charge on any atom is -0.424 e. The summed E-state index contributed by atoms with van der Waals surface area (Å²) in [6.45, 7) is 1.55. The molecule has 0 aromatic carbocycles. The molecule has 4 nitrogen and oxygen atoms in total. The molecule has 0 bridgehead atoms. The first-order valence-corrected chi connectivity index (χ1v) is 4.54. The molecule has 1 aromatic heterocycles. The number of nitrogens with zero attached hydrogens (tertiary/aromatic N) is 2. The number of halogens is 3. The third-order valence-electron chi connectivity index (χ3n) is 2.44. The van der Waals surface area contributed by atoms with Gasteiger partial charge >= 0.3 is 6.18 Å². The van der Waals surface area contributed by atoms with E-state index in [1.165, 1.54) is 0 Å². The Morgan fingerprint density at radius 1 is 1.40 bits per heavy atom. The van der Waals surface area contributed by atoms with Crippen LogP contribution in [0.4, 0.5) is 13.2 Å². The van der Waals surface area contributed by atoms with E-state index in [2.05, 4.69) is 15.5 Å². The standard InChI is InChI=1S/C8H10F3N3O/c1-5-13-14-6(15-5)4-12-7(2-3-7)8(9,10)11/h12H,2-4H2,1H3. The number of rotatable bonds is 3. The first kappa shape index (κ1) is 10.4. The summed E-state index contributed by atoms with van der Waals surface area (Å²) in [7, 11) is 0. The fourth-order valence-corrected chi connectivity index (χ4v) is 1.34. The highest BCUT2D eigenvalue weighted by Gasteiger charge is 2.63. The molecule has 0 amide bonds. The Bertz CT molecular complexity index is 356. The van der Waals surface area contributed by atoms with Gasteiger partial charge in [-0.15, -0.1) is 10.2 Å². The van der Waals surface area contributed by atoms with Crippen molar-refractivity contribution in [1.29, 1.82) is 0 Å². The van der Waals surface area contributed by atoms with Crippen LogP contribution in [-0.2, 0) is 6.54 Å². The van der Waals surface area contributed by atoms with Gasteiger partial charge in [-0.05, 0) is 12.8 Å². The van der Waals surface area contributed by atoms with Crippen molar-refractivity contribution < 1.29 is 17.6 Å². The minimum absolute atomic E-state index is 0.0413. The molecule has 1 aliphatic rings. The highest BCUT2D eigenvalue weighted by molar-refractivity contribution is 5.08. The highest BCUT2D eigenvalue weighted by Crippen LogP contribution is 2.48. The average molecular weight is 221 g/mol. The van der Waals surface area contributed by atoms with Gasteiger partial charge in [-0.3, -0.25) is 5.32 Å². The van der Waals surface area contributed by atoms with Crippen LogP contribution in [-0.4, -0.2) is 21.9 Å². The van der Waals surface area contributed by atoms with Crippen LogP contribution in [0.15, 0.2) is 4.42 Å². The van der Waals surface area contributed by atoms with Gasteiger partial charge in [-0.1, -0.05) is 0 Å². The molecule has 84 valence electrons. The van der Waals surface area contributed by atoms with Gasteiger partial charge in [0, 0.05) is 6.92 Å². The zero-order valence-corrected chi connectivity index (χ0v) is 8.06. The van der Waals surface area contributed by atoms with Crippen LogP contribution < -0.4 is 5.32 Å². The summed E-state index contributed by atoms with van der Waals surface area (Å²) in [4.78, 5) is 0. The van der Waals surface area contributed by atoms with Gasteiger partial charge in [0.2, 0.25) is 11.8 Å². The van der Waals surface area contributed by atoms with E-state index < -0.39 is 11.7 Å². The van der Waals surface area contributed by atoms with E-state index in [4.69, 9.17) is 4.42 Å². The van der Waals surface area contributed by atoms with Gasteiger partial charge in [-0.2, -0.15) is 13.2 Å². The molecule has 1 fully saturated rings. The molecular formula is C8H10F3N3O. The van der Waals surface area contributed by atoms with Crippen molar-refractivity contribution in [2.24, 2.45) is 0 Å². The lowest BCUT2D eigenvalue weighted by atomic mass is 10.2. The normalized spacial score (nSPS) is 19.2. The minimum atomic E-state index is -4.21. The van der Waals surface area contributed by atoms with Gasteiger partial charge in [-0.25, -0.2) is 0 Å². The molecule has 1 aromatic rings. The van der Waals surface area contributed by atoms with Gasteiger partial charge in [0.25, 0.3) is 0 Å². The third kappa shape index (κ3) is 1.97. The Labute approximate surface area is 83.9 Å². The lowest BCUT2D eigenvalue weighted by Crippen LogP contribution is -2.44.